The van der Waals surface area contributed by atoms with Gasteiger partial charge in [-0.05, 0) is 23.8 Å². The van der Waals surface area contributed by atoms with E-state index in [2.05, 4.69) is 5.10 Å². The van der Waals surface area contributed by atoms with Crippen molar-refractivity contribution in [1.29, 1.82) is 0 Å². The summed E-state index contributed by atoms with van der Waals surface area (Å²) < 4.78 is 20.5. The van der Waals surface area contributed by atoms with Gasteiger partial charge in [-0.15, -0.1) is 0 Å². The van der Waals surface area contributed by atoms with Crippen LogP contribution in [0.5, 0.6) is 5.75 Å². The number of hydrogen-bond donors (Lipinski definition) is 0. The van der Waals surface area contributed by atoms with E-state index in [-0.39, 0.29) is 5.56 Å². The maximum Gasteiger partial charge on any atom is 0.267 e. The number of nitrogens with zero attached hydrogens (tertiary/aromatic N) is 2. The van der Waals surface area contributed by atoms with Crippen molar-refractivity contribution >= 4 is 6.08 Å². The molecule has 0 fully saturated rings. The third kappa shape index (κ3) is 4.01. The zero-order chi connectivity index (χ0) is 17.6. The number of aromatic nitrogens is 2. The quantitative estimate of drug-likeness (QED) is 0.712. The zero-order valence-corrected chi connectivity index (χ0v) is 13.7. The van der Waals surface area contributed by atoms with E-state index < -0.39 is 5.82 Å². The highest BCUT2D eigenvalue weighted by molar-refractivity contribution is 5.60. The number of halogens is 1. The first-order chi connectivity index (χ1) is 12.2. The third-order valence-electron chi connectivity index (χ3n) is 3.71. The van der Waals surface area contributed by atoms with Crippen LogP contribution in [0.25, 0.3) is 17.3 Å². The minimum atomic E-state index is -0.447. The molecule has 0 bridgehead atoms. The number of rotatable bonds is 5. The van der Waals surface area contributed by atoms with Crippen LogP contribution in [0.1, 0.15) is 5.56 Å². The highest BCUT2D eigenvalue weighted by atomic mass is 19.1. The molecule has 4 nitrogen and oxygen atoms in total. The summed E-state index contributed by atoms with van der Waals surface area (Å²) in [6, 6.07) is 17.2. The number of allylic oxidation sites excluding steroid dienone is 1. The Morgan fingerprint density at radius 2 is 1.92 bits per heavy atom. The van der Waals surface area contributed by atoms with E-state index in [0.29, 0.717) is 23.6 Å². The molecule has 0 saturated heterocycles. The minimum Gasteiger partial charge on any atom is -0.497 e. The summed E-state index contributed by atoms with van der Waals surface area (Å²) in [6.07, 6.45) is 3.76. The molecule has 3 aromatic rings. The Hall–Kier alpha value is -3.21. The largest absolute Gasteiger partial charge is 0.497 e. The van der Waals surface area contributed by atoms with Crippen LogP contribution in [0.15, 0.2) is 71.5 Å². The van der Waals surface area contributed by atoms with Gasteiger partial charge in [-0.1, -0.05) is 42.5 Å². The zero-order valence-electron chi connectivity index (χ0n) is 13.7. The molecule has 0 saturated carbocycles. The van der Waals surface area contributed by atoms with Gasteiger partial charge in [0.15, 0.2) is 0 Å². The molecule has 126 valence electrons. The molecule has 0 aliphatic rings. The first-order valence-corrected chi connectivity index (χ1v) is 7.81. The standard InChI is InChI=1S/C20H17FN2O2/c1-25-16-9-10-17(18(21)14-16)19-11-12-20(24)23(22-19)13-5-8-15-6-3-2-4-7-15/h2-12,14H,13H2,1H3. The lowest BCUT2D eigenvalue weighted by atomic mass is 10.1. The van der Waals surface area contributed by atoms with E-state index in [9.17, 15) is 9.18 Å². The van der Waals surface area contributed by atoms with Crippen molar-refractivity contribution in [1.82, 2.24) is 9.78 Å². The van der Waals surface area contributed by atoms with Gasteiger partial charge in [0.25, 0.3) is 5.56 Å². The van der Waals surface area contributed by atoms with Gasteiger partial charge in [0, 0.05) is 17.7 Å². The van der Waals surface area contributed by atoms with Gasteiger partial charge in [-0.2, -0.15) is 5.10 Å². The van der Waals surface area contributed by atoms with Crippen molar-refractivity contribution in [2.75, 3.05) is 7.11 Å². The molecule has 1 aromatic heterocycles. The van der Waals surface area contributed by atoms with Crippen LogP contribution in [0.4, 0.5) is 4.39 Å². The second kappa shape index (κ2) is 7.57. The SMILES string of the molecule is COc1ccc(-c2ccc(=O)n(CC=Cc3ccccc3)n2)c(F)c1. The predicted molar refractivity (Wildman–Crippen MR) is 95.9 cm³/mol. The number of benzene rings is 2. The van der Waals surface area contributed by atoms with E-state index in [1.165, 1.54) is 30.0 Å². The molecule has 0 spiro atoms. The van der Waals surface area contributed by atoms with Crippen molar-refractivity contribution in [3.05, 3.63) is 88.5 Å². The predicted octanol–water partition coefficient (Wildman–Crippen LogP) is 3.77. The fourth-order valence-electron chi connectivity index (χ4n) is 2.41. The van der Waals surface area contributed by atoms with Gasteiger partial charge < -0.3 is 4.74 Å². The first-order valence-electron chi connectivity index (χ1n) is 7.81. The average molecular weight is 336 g/mol. The number of ether oxygens (including phenoxy) is 1. The molecule has 0 amide bonds. The molecule has 0 aliphatic heterocycles. The van der Waals surface area contributed by atoms with Crippen LogP contribution in [0.2, 0.25) is 0 Å². The fraction of sp³-hybridized carbons (Fsp3) is 0.100. The molecule has 0 atom stereocenters. The second-order valence-corrected chi connectivity index (χ2v) is 5.40. The minimum absolute atomic E-state index is 0.240. The first kappa shape index (κ1) is 16.6. The molecule has 5 heteroatoms. The van der Waals surface area contributed by atoms with Crippen LogP contribution in [-0.4, -0.2) is 16.9 Å². The topological polar surface area (TPSA) is 44.1 Å². The Morgan fingerprint density at radius 3 is 2.64 bits per heavy atom. The maximum atomic E-state index is 14.2. The van der Waals surface area contributed by atoms with Crippen molar-refractivity contribution in [3.8, 4) is 17.0 Å². The normalized spacial score (nSPS) is 11.0. The van der Waals surface area contributed by atoms with E-state index in [1.807, 2.05) is 42.5 Å². The van der Waals surface area contributed by atoms with Crippen molar-refractivity contribution < 1.29 is 9.13 Å². The fourth-order valence-corrected chi connectivity index (χ4v) is 2.41. The maximum absolute atomic E-state index is 14.2. The van der Waals surface area contributed by atoms with Gasteiger partial charge in [0.2, 0.25) is 0 Å². The second-order valence-electron chi connectivity index (χ2n) is 5.40. The Labute approximate surface area is 144 Å². The van der Waals surface area contributed by atoms with E-state index in [1.54, 1.807) is 12.1 Å². The van der Waals surface area contributed by atoms with Crippen LogP contribution in [0.3, 0.4) is 0 Å². The molecule has 0 aliphatic carbocycles. The van der Waals surface area contributed by atoms with Crippen LogP contribution in [0, 0.1) is 5.82 Å². The molecule has 2 aromatic carbocycles. The van der Waals surface area contributed by atoms with Crippen LogP contribution >= 0.6 is 0 Å². The average Bonchev–Trinajstić information content (AvgIpc) is 2.64. The van der Waals surface area contributed by atoms with Crippen LogP contribution in [-0.2, 0) is 6.54 Å². The number of hydrogen-bond acceptors (Lipinski definition) is 3. The van der Waals surface area contributed by atoms with Crippen LogP contribution < -0.4 is 10.3 Å². The van der Waals surface area contributed by atoms with Gasteiger partial charge in [-0.25, -0.2) is 9.07 Å². The van der Waals surface area contributed by atoms with E-state index >= 15 is 0 Å². The lowest BCUT2D eigenvalue weighted by Gasteiger charge is -2.07. The van der Waals surface area contributed by atoms with Gasteiger partial charge in [0.1, 0.15) is 11.6 Å². The summed E-state index contributed by atoms with van der Waals surface area (Å²) in [4.78, 5) is 12.0. The van der Waals surface area contributed by atoms with Gasteiger partial charge in [0.05, 0.1) is 19.3 Å². The van der Waals surface area contributed by atoms with Gasteiger partial charge >= 0.3 is 0 Å². The molecule has 3 rings (SSSR count). The highest BCUT2D eigenvalue weighted by Gasteiger charge is 2.09. The summed E-state index contributed by atoms with van der Waals surface area (Å²) in [5, 5.41) is 4.26. The molecule has 1 heterocycles. The Bertz CT molecular complexity index is 949. The smallest absolute Gasteiger partial charge is 0.267 e. The van der Waals surface area contributed by atoms with E-state index in [0.717, 1.165) is 5.56 Å². The van der Waals surface area contributed by atoms with E-state index in [4.69, 9.17) is 4.74 Å². The molecule has 0 radical (unpaired) electrons. The molecule has 25 heavy (non-hydrogen) atoms. The Kier molecular flexibility index (Phi) is 5.04. The summed E-state index contributed by atoms with van der Waals surface area (Å²) in [5.74, 6) is -0.0164. The van der Waals surface area contributed by atoms with Crippen molar-refractivity contribution in [2.45, 2.75) is 6.54 Å². The number of methoxy groups -OCH3 is 1. The molecular weight excluding hydrogens is 319 g/mol. The summed E-state index contributed by atoms with van der Waals surface area (Å²) in [6.45, 7) is 0.305. The summed E-state index contributed by atoms with van der Waals surface area (Å²) in [7, 11) is 1.48. The molecule has 0 N–H and O–H groups in total. The Morgan fingerprint density at radius 1 is 1.12 bits per heavy atom. The van der Waals surface area contributed by atoms with Gasteiger partial charge in [-0.3, -0.25) is 4.79 Å². The molecular formula is C20H17FN2O2. The highest BCUT2D eigenvalue weighted by Crippen LogP contribution is 2.23. The third-order valence-corrected chi connectivity index (χ3v) is 3.71. The summed E-state index contributed by atoms with van der Waals surface area (Å²) >= 11 is 0. The summed E-state index contributed by atoms with van der Waals surface area (Å²) in [5.41, 5.74) is 1.51. The lowest BCUT2D eigenvalue weighted by Crippen LogP contribution is -2.21. The monoisotopic (exact) mass is 336 g/mol. The van der Waals surface area contributed by atoms with Crippen molar-refractivity contribution in [2.24, 2.45) is 0 Å². The molecule has 0 unspecified atom stereocenters. The lowest BCUT2D eigenvalue weighted by molar-refractivity contribution is 0.411. The Balaban J connectivity index is 1.86. The van der Waals surface area contributed by atoms with Crippen molar-refractivity contribution in [3.63, 3.8) is 0 Å².